The van der Waals surface area contributed by atoms with E-state index in [1.165, 1.54) is 5.56 Å². The summed E-state index contributed by atoms with van der Waals surface area (Å²) in [5, 5.41) is 3.69. The second-order valence-electron chi connectivity index (χ2n) is 5.20. The van der Waals surface area contributed by atoms with E-state index in [9.17, 15) is 8.42 Å². The third-order valence-corrected chi connectivity index (χ3v) is 5.13. The molecule has 21 heavy (non-hydrogen) atoms. The second-order valence-corrected chi connectivity index (χ2v) is 6.85. The first kappa shape index (κ1) is 15.7. The molecule has 0 bridgehead atoms. The third-order valence-electron chi connectivity index (χ3n) is 3.30. The van der Waals surface area contributed by atoms with Crippen LogP contribution in [0.3, 0.4) is 0 Å². The van der Waals surface area contributed by atoms with Crippen molar-refractivity contribution in [3.05, 3.63) is 47.3 Å². The van der Waals surface area contributed by atoms with Crippen molar-refractivity contribution in [1.82, 2.24) is 9.88 Å². The summed E-state index contributed by atoms with van der Waals surface area (Å²) in [5.74, 6) is 0.315. The van der Waals surface area contributed by atoms with Crippen LogP contribution in [0.5, 0.6) is 0 Å². The first-order valence-electron chi connectivity index (χ1n) is 6.89. The largest absolute Gasteiger partial charge is 0.360 e. The van der Waals surface area contributed by atoms with Crippen molar-refractivity contribution >= 4 is 10.0 Å². The Balaban J connectivity index is 2.00. The highest BCUT2D eigenvalue weighted by Crippen LogP contribution is 2.19. The molecule has 0 aliphatic carbocycles. The smallest absolute Gasteiger partial charge is 0.246 e. The first-order valence-corrected chi connectivity index (χ1v) is 8.37. The molecule has 1 aromatic carbocycles. The van der Waals surface area contributed by atoms with Crippen molar-refractivity contribution in [2.75, 3.05) is 0 Å². The van der Waals surface area contributed by atoms with E-state index in [1.807, 2.05) is 37.3 Å². The Hall–Kier alpha value is -1.66. The molecule has 2 rings (SSSR count). The monoisotopic (exact) mass is 308 g/mol. The zero-order valence-electron chi connectivity index (χ0n) is 12.5. The lowest BCUT2D eigenvalue weighted by molar-refractivity contribution is 0.390. The fourth-order valence-corrected chi connectivity index (χ4v) is 3.88. The maximum Gasteiger partial charge on any atom is 0.246 e. The fourth-order valence-electron chi connectivity index (χ4n) is 2.27. The van der Waals surface area contributed by atoms with Gasteiger partial charge in [0.05, 0.1) is 0 Å². The normalized spacial score (nSPS) is 13.3. The van der Waals surface area contributed by atoms with Crippen LogP contribution < -0.4 is 4.72 Å². The Kier molecular flexibility index (Phi) is 4.80. The summed E-state index contributed by atoms with van der Waals surface area (Å²) in [5.41, 5.74) is 1.58. The van der Waals surface area contributed by atoms with Gasteiger partial charge in [0.25, 0.3) is 0 Å². The van der Waals surface area contributed by atoms with Crippen molar-refractivity contribution in [3.8, 4) is 0 Å². The Morgan fingerprint density at radius 1 is 1.24 bits per heavy atom. The molecule has 0 spiro atoms. The molecule has 0 unspecified atom stereocenters. The predicted molar refractivity (Wildman–Crippen MR) is 80.5 cm³/mol. The summed E-state index contributed by atoms with van der Waals surface area (Å²) >= 11 is 0. The summed E-state index contributed by atoms with van der Waals surface area (Å²) in [6.07, 6.45) is 1.55. The van der Waals surface area contributed by atoms with E-state index in [0.717, 1.165) is 12.8 Å². The molecule has 0 amide bonds. The van der Waals surface area contributed by atoms with Gasteiger partial charge in [-0.15, -0.1) is 0 Å². The number of nitrogens with one attached hydrogen (secondary N) is 1. The molecule has 0 aliphatic rings. The van der Waals surface area contributed by atoms with E-state index in [-0.39, 0.29) is 10.9 Å². The molecule has 114 valence electrons. The Bertz CT molecular complexity index is 673. The van der Waals surface area contributed by atoms with Gasteiger partial charge in [0.1, 0.15) is 10.6 Å². The van der Waals surface area contributed by atoms with Crippen LogP contribution in [-0.2, 0) is 16.4 Å². The molecule has 1 heterocycles. The molecule has 1 atom stereocenters. The van der Waals surface area contributed by atoms with Crippen molar-refractivity contribution in [2.24, 2.45) is 0 Å². The highest BCUT2D eigenvalue weighted by Gasteiger charge is 2.25. The lowest BCUT2D eigenvalue weighted by Crippen LogP contribution is -2.33. The van der Waals surface area contributed by atoms with E-state index >= 15 is 0 Å². The van der Waals surface area contributed by atoms with Crippen molar-refractivity contribution in [1.29, 1.82) is 0 Å². The summed E-state index contributed by atoms with van der Waals surface area (Å²) in [6, 6.07) is 9.84. The van der Waals surface area contributed by atoms with Gasteiger partial charge in [-0.05, 0) is 39.2 Å². The average molecular weight is 308 g/mol. The van der Waals surface area contributed by atoms with Gasteiger partial charge in [-0.3, -0.25) is 0 Å². The lowest BCUT2D eigenvalue weighted by Gasteiger charge is -2.14. The van der Waals surface area contributed by atoms with E-state index < -0.39 is 10.0 Å². The summed E-state index contributed by atoms with van der Waals surface area (Å²) in [6.45, 7) is 5.08. The third kappa shape index (κ3) is 3.92. The first-order chi connectivity index (χ1) is 9.90. The number of nitrogens with zero attached hydrogens (tertiary/aromatic N) is 1. The lowest BCUT2D eigenvalue weighted by atomic mass is 10.1. The van der Waals surface area contributed by atoms with Crippen LogP contribution in [0, 0.1) is 13.8 Å². The minimum Gasteiger partial charge on any atom is -0.360 e. The summed E-state index contributed by atoms with van der Waals surface area (Å²) in [7, 11) is -3.59. The van der Waals surface area contributed by atoms with E-state index in [1.54, 1.807) is 13.8 Å². The van der Waals surface area contributed by atoms with Gasteiger partial charge in [0.2, 0.25) is 10.0 Å². The summed E-state index contributed by atoms with van der Waals surface area (Å²) in [4.78, 5) is 0.147. The molecule has 0 saturated carbocycles. The standard InChI is InChI=1S/C15H20N2O3S/c1-11(9-10-14-7-5-4-6-8-14)17-21(18,19)15-12(2)16-20-13(15)3/h4-8,11,17H,9-10H2,1-3H3/t11-/m1/s1. The van der Waals surface area contributed by atoms with E-state index in [0.29, 0.717) is 11.5 Å². The molecule has 0 aliphatic heterocycles. The molecule has 1 aromatic heterocycles. The Morgan fingerprint density at radius 2 is 1.90 bits per heavy atom. The van der Waals surface area contributed by atoms with Crippen LogP contribution in [-0.4, -0.2) is 19.6 Å². The topological polar surface area (TPSA) is 72.2 Å². The van der Waals surface area contributed by atoms with Crippen LogP contribution in [0.4, 0.5) is 0 Å². The molecule has 6 heteroatoms. The maximum absolute atomic E-state index is 12.3. The van der Waals surface area contributed by atoms with Gasteiger partial charge in [-0.1, -0.05) is 35.5 Å². The number of aryl methyl sites for hydroxylation is 3. The van der Waals surface area contributed by atoms with Crippen LogP contribution in [0.1, 0.15) is 30.4 Å². The average Bonchev–Trinajstić information content (AvgIpc) is 2.77. The Labute approximate surface area is 125 Å². The molecule has 5 nitrogen and oxygen atoms in total. The highest BCUT2D eigenvalue weighted by atomic mass is 32.2. The van der Waals surface area contributed by atoms with Crippen LogP contribution in [0.2, 0.25) is 0 Å². The zero-order valence-corrected chi connectivity index (χ0v) is 13.3. The molecule has 2 aromatic rings. The van der Waals surface area contributed by atoms with Gasteiger partial charge in [-0.2, -0.15) is 0 Å². The number of rotatable bonds is 6. The SMILES string of the molecule is Cc1noc(C)c1S(=O)(=O)N[C@H](C)CCc1ccccc1. The van der Waals surface area contributed by atoms with E-state index in [2.05, 4.69) is 9.88 Å². The second kappa shape index (κ2) is 6.41. The van der Waals surface area contributed by atoms with Gasteiger partial charge >= 0.3 is 0 Å². The number of hydrogen-bond donors (Lipinski definition) is 1. The van der Waals surface area contributed by atoms with Crippen molar-refractivity contribution in [3.63, 3.8) is 0 Å². The number of aromatic nitrogens is 1. The zero-order chi connectivity index (χ0) is 15.5. The highest BCUT2D eigenvalue weighted by molar-refractivity contribution is 7.89. The fraction of sp³-hybridized carbons (Fsp3) is 0.400. The van der Waals surface area contributed by atoms with Crippen LogP contribution >= 0.6 is 0 Å². The number of hydrogen-bond acceptors (Lipinski definition) is 4. The minimum atomic E-state index is -3.59. The van der Waals surface area contributed by atoms with Gasteiger partial charge in [0.15, 0.2) is 5.76 Å². The van der Waals surface area contributed by atoms with Crippen LogP contribution in [0.15, 0.2) is 39.8 Å². The van der Waals surface area contributed by atoms with Crippen molar-refractivity contribution < 1.29 is 12.9 Å². The molecular formula is C15H20N2O3S. The molecular weight excluding hydrogens is 288 g/mol. The Morgan fingerprint density at radius 3 is 2.48 bits per heavy atom. The van der Waals surface area contributed by atoms with Gasteiger partial charge in [0, 0.05) is 6.04 Å². The molecule has 0 fully saturated rings. The van der Waals surface area contributed by atoms with E-state index in [4.69, 9.17) is 4.52 Å². The maximum atomic E-state index is 12.3. The van der Waals surface area contributed by atoms with Gasteiger partial charge in [-0.25, -0.2) is 13.1 Å². The molecule has 1 N–H and O–H groups in total. The van der Waals surface area contributed by atoms with Crippen LogP contribution in [0.25, 0.3) is 0 Å². The summed E-state index contributed by atoms with van der Waals surface area (Å²) < 4.78 is 32.3. The minimum absolute atomic E-state index is 0.147. The molecule has 0 saturated heterocycles. The number of benzene rings is 1. The van der Waals surface area contributed by atoms with Gasteiger partial charge < -0.3 is 4.52 Å². The predicted octanol–water partition coefficient (Wildman–Crippen LogP) is 2.59. The number of sulfonamides is 1. The molecule has 0 radical (unpaired) electrons. The quantitative estimate of drug-likeness (QED) is 0.890. The van der Waals surface area contributed by atoms with Crippen molar-refractivity contribution in [2.45, 2.75) is 44.6 Å².